The molecule has 0 spiro atoms. The van der Waals surface area contributed by atoms with E-state index in [4.69, 9.17) is 0 Å². The third-order valence-corrected chi connectivity index (χ3v) is 2.52. The van der Waals surface area contributed by atoms with Crippen LogP contribution in [0.3, 0.4) is 0 Å². The second kappa shape index (κ2) is 5.23. The van der Waals surface area contributed by atoms with Gasteiger partial charge in [-0.15, -0.1) is 0 Å². The first-order valence-electron chi connectivity index (χ1n) is 5.17. The number of esters is 1. The molecule has 16 heavy (non-hydrogen) atoms. The summed E-state index contributed by atoms with van der Waals surface area (Å²) < 4.78 is 30.4. The van der Waals surface area contributed by atoms with Crippen molar-refractivity contribution in [2.75, 3.05) is 20.2 Å². The number of amides is 1. The average molecular weight is 235 g/mol. The number of likely N-dealkylation sites (tertiary alicyclic amines) is 1. The summed E-state index contributed by atoms with van der Waals surface area (Å²) in [6.45, 7) is -0.192. The maximum Gasteiger partial charge on any atom is 0.306 e. The molecule has 0 radical (unpaired) electrons. The van der Waals surface area contributed by atoms with Crippen molar-refractivity contribution < 1.29 is 23.1 Å². The van der Waals surface area contributed by atoms with Crippen molar-refractivity contribution in [2.45, 2.75) is 31.6 Å². The number of hydrogen-bond donors (Lipinski definition) is 0. The van der Waals surface area contributed by atoms with Crippen molar-refractivity contribution >= 4 is 11.9 Å². The van der Waals surface area contributed by atoms with E-state index in [2.05, 4.69) is 4.74 Å². The molecule has 0 aromatic carbocycles. The molecule has 0 atom stereocenters. The van der Waals surface area contributed by atoms with Crippen LogP contribution in [-0.4, -0.2) is 42.9 Å². The Morgan fingerprint density at radius 3 is 2.62 bits per heavy atom. The molecule has 92 valence electrons. The van der Waals surface area contributed by atoms with Gasteiger partial charge in [-0.05, 0) is 6.42 Å². The molecule has 6 heteroatoms. The Balaban J connectivity index is 2.39. The standard InChI is InChI=1S/C10H15F2NO3/c1-16-9(15)4-3-8(14)13-6-2-5-10(11,12)7-13/h2-7H2,1H3. The number of alkyl halides is 2. The van der Waals surface area contributed by atoms with Crippen LogP contribution in [0.5, 0.6) is 0 Å². The SMILES string of the molecule is COC(=O)CCC(=O)N1CCCC(F)(F)C1. The van der Waals surface area contributed by atoms with Gasteiger partial charge in [-0.1, -0.05) is 0 Å². The molecule has 4 nitrogen and oxygen atoms in total. The van der Waals surface area contributed by atoms with Crippen molar-refractivity contribution in [3.8, 4) is 0 Å². The number of carbonyl (C=O) groups excluding carboxylic acids is 2. The minimum atomic E-state index is -2.79. The number of ether oxygens (including phenoxy) is 1. The molecule has 0 aromatic rings. The highest BCUT2D eigenvalue weighted by molar-refractivity contribution is 5.81. The molecule has 1 saturated heterocycles. The summed E-state index contributed by atoms with van der Waals surface area (Å²) in [5, 5.41) is 0. The highest BCUT2D eigenvalue weighted by atomic mass is 19.3. The summed E-state index contributed by atoms with van der Waals surface area (Å²) in [4.78, 5) is 23.4. The summed E-state index contributed by atoms with van der Waals surface area (Å²) in [7, 11) is 1.22. The van der Waals surface area contributed by atoms with Crippen LogP contribution in [-0.2, 0) is 14.3 Å². The second-order valence-electron chi connectivity index (χ2n) is 3.85. The molecule has 1 heterocycles. The number of halogens is 2. The third kappa shape index (κ3) is 3.75. The first kappa shape index (κ1) is 12.9. The van der Waals surface area contributed by atoms with Gasteiger partial charge >= 0.3 is 5.97 Å². The fraction of sp³-hybridized carbons (Fsp3) is 0.800. The largest absolute Gasteiger partial charge is 0.469 e. The van der Waals surface area contributed by atoms with Gasteiger partial charge in [0.05, 0.1) is 20.1 Å². The summed E-state index contributed by atoms with van der Waals surface area (Å²) in [6, 6.07) is 0. The molecule has 0 unspecified atom stereocenters. The van der Waals surface area contributed by atoms with Crippen molar-refractivity contribution in [1.29, 1.82) is 0 Å². The van der Waals surface area contributed by atoms with Gasteiger partial charge < -0.3 is 9.64 Å². The average Bonchev–Trinajstić information content (AvgIpc) is 2.23. The number of rotatable bonds is 3. The smallest absolute Gasteiger partial charge is 0.306 e. The Kier molecular flexibility index (Phi) is 4.20. The van der Waals surface area contributed by atoms with Gasteiger partial charge in [0.2, 0.25) is 5.91 Å². The number of hydrogen-bond acceptors (Lipinski definition) is 3. The molecule has 1 aliphatic rings. The maximum absolute atomic E-state index is 13.0. The van der Waals surface area contributed by atoms with Gasteiger partial charge in [0.25, 0.3) is 5.92 Å². The Labute approximate surface area is 92.5 Å². The Bertz CT molecular complexity index is 281. The van der Waals surface area contributed by atoms with E-state index in [0.717, 1.165) is 4.90 Å². The van der Waals surface area contributed by atoms with Gasteiger partial charge in [-0.25, -0.2) is 8.78 Å². The van der Waals surface area contributed by atoms with E-state index in [9.17, 15) is 18.4 Å². The number of methoxy groups -OCH3 is 1. The zero-order valence-electron chi connectivity index (χ0n) is 9.17. The monoisotopic (exact) mass is 235 g/mol. The van der Waals surface area contributed by atoms with Crippen LogP contribution in [0.1, 0.15) is 25.7 Å². The van der Waals surface area contributed by atoms with Crippen LogP contribution in [0, 0.1) is 0 Å². The molecular formula is C10H15F2NO3. The summed E-state index contributed by atoms with van der Waals surface area (Å²) in [6.07, 6.45) is 0.00487. The third-order valence-electron chi connectivity index (χ3n) is 2.52. The van der Waals surface area contributed by atoms with Gasteiger partial charge in [-0.3, -0.25) is 9.59 Å². The van der Waals surface area contributed by atoms with Crippen LogP contribution in [0.25, 0.3) is 0 Å². The lowest BCUT2D eigenvalue weighted by Crippen LogP contribution is -2.45. The van der Waals surface area contributed by atoms with Crippen LogP contribution in [0.2, 0.25) is 0 Å². The highest BCUT2D eigenvalue weighted by Gasteiger charge is 2.36. The first-order chi connectivity index (χ1) is 7.44. The minimum Gasteiger partial charge on any atom is -0.469 e. The number of carbonyl (C=O) groups is 2. The number of piperidine rings is 1. The van der Waals surface area contributed by atoms with Crippen LogP contribution < -0.4 is 0 Å². The second-order valence-corrected chi connectivity index (χ2v) is 3.85. The van der Waals surface area contributed by atoms with Crippen molar-refractivity contribution in [2.24, 2.45) is 0 Å². The quantitative estimate of drug-likeness (QED) is 0.690. The van der Waals surface area contributed by atoms with E-state index in [-0.39, 0.29) is 19.3 Å². The van der Waals surface area contributed by atoms with Crippen LogP contribution >= 0.6 is 0 Å². The van der Waals surface area contributed by atoms with Gasteiger partial charge in [0, 0.05) is 19.4 Å². The van der Waals surface area contributed by atoms with E-state index in [1.54, 1.807) is 0 Å². The predicted molar refractivity (Wildman–Crippen MR) is 52.0 cm³/mol. The molecule has 0 N–H and O–H groups in total. The lowest BCUT2D eigenvalue weighted by molar-refractivity contribution is -0.147. The fourth-order valence-electron chi connectivity index (χ4n) is 1.65. The molecule has 1 aliphatic heterocycles. The molecule has 0 aliphatic carbocycles. The zero-order chi connectivity index (χ0) is 12.2. The summed E-state index contributed by atoms with van der Waals surface area (Å²) >= 11 is 0. The Morgan fingerprint density at radius 2 is 2.06 bits per heavy atom. The maximum atomic E-state index is 13.0. The van der Waals surface area contributed by atoms with Gasteiger partial charge in [-0.2, -0.15) is 0 Å². The van der Waals surface area contributed by atoms with E-state index < -0.39 is 24.3 Å². The Morgan fingerprint density at radius 1 is 1.38 bits per heavy atom. The summed E-state index contributed by atoms with van der Waals surface area (Å²) in [5.74, 6) is -3.71. The van der Waals surface area contributed by atoms with E-state index in [0.29, 0.717) is 13.0 Å². The topological polar surface area (TPSA) is 46.6 Å². The molecule has 0 saturated carbocycles. The molecular weight excluding hydrogens is 220 g/mol. The molecule has 1 rings (SSSR count). The lowest BCUT2D eigenvalue weighted by atomic mass is 10.1. The van der Waals surface area contributed by atoms with Crippen molar-refractivity contribution in [3.63, 3.8) is 0 Å². The van der Waals surface area contributed by atoms with E-state index in [1.165, 1.54) is 7.11 Å². The van der Waals surface area contributed by atoms with Gasteiger partial charge in [0.1, 0.15) is 0 Å². The summed E-state index contributed by atoms with van der Waals surface area (Å²) in [5.41, 5.74) is 0. The van der Waals surface area contributed by atoms with E-state index in [1.807, 2.05) is 0 Å². The van der Waals surface area contributed by atoms with Crippen molar-refractivity contribution in [1.82, 2.24) is 4.90 Å². The lowest BCUT2D eigenvalue weighted by Gasteiger charge is -2.32. The zero-order valence-corrected chi connectivity index (χ0v) is 9.17. The van der Waals surface area contributed by atoms with Crippen LogP contribution in [0.15, 0.2) is 0 Å². The van der Waals surface area contributed by atoms with E-state index >= 15 is 0 Å². The Hall–Kier alpha value is -1.20. The van der Waals surface area contributed by atoms with Crippen molar-refractivity contribution in [3.05, 3.63) is 0 Å². The van der Waals surface area contributed by atoms with Gasteiger partial charge in [0.15, 0.2) is 0 Å². The highest BCUT2D eigenvalue weighted by Crippen LogP contribution is 2.26. The first-order valence-corrected chi connectivity index (χ1v) is 5.17. The normalized spacial score (nSPS) is 19.3. The molecule has 0 bridgehead atoms. The fourth-order valence-corrected chi connectivity index (χ4v) is 1.65. The molecule has 1 fully saturated rings. The van der Waals surface area contributed by atoms with Crippen LogP contribution in [0.4, 0.5) is 8.78 Å². The predicted octanol–water partition coefficient (Wildman–Crippen LogP) is 1.20. The minimum absolute atomic E-state index is 0.0581. The number of nitrogens with zero attached hydrogens (tertiary/aromatic N) is 1. The molecule has 0 aromatic heterocycles. The molecule has 1 amide bonds.